The van der Waals surface area contributed by atoms with E-state index >= 15 is 0 Å². The Balaban J connectivity index is 1.49. The molecular formula is C27H42BrN5OS. The summed E-state index contributed by atoms with van der Waals surface area (Å²) < 4.78 is 2.49. The molecule has 1 heterocycles. The zero-order valence-electron chi connectivity index (χ0n) is 21.2. The Labute approximate surface area is 224 Å². The highest BCUT2D eigenvalue weighted by Crippen LogP contribution is 2.18. The van der Waals surface area contributed by atoms with E-state index in [2.05, 4.69) is 50.5 Å². The van der Waals surface area contributed by atoms with Gasteiger partial charge in [0.05, 0.1) is 5.75 Å². The molecule has 2 aromatic rings. The van der Waals surface area contributed by atoms with Crippen molar-refractivity contribution in [3.63, 3.8) is 0 Å². The van der Waals surface area contributed by atoms with Crippen LogP contribution in [0.1, 0.15) is 96.2 Å². The number of nitrogen functional groups attached to an aromatic ring is 1. The van der Waals surface area contributed by atoms with Gasteiger partial charge in [0.2, 0.25) is 11.1 Å². The minimum Gasteiger partial charge on any atom is -0.336 e. The number of nitrogens with one attached hydrogen (secondary N) is 1. The van der Waals surface area contributed by atoms with Crippen molar-refractivity contribution in [1.29, 1.82) is 0 Å². The van der Waals surface area contributed by atoms with E-state index in [1.807, 2.05) is 24.3 Å². The molecule has 0 aliphatic heterocycles. The van der Waals surface area contributed by atoms with Crippen molar-refractivity contribution in [3.05, 3.63) is 46.7 Å². The lowest BCUT2D eigenvalue weighted by molar-refractivity contribution is -0.113. The fourth-order valence-electron chi connectivity index (χ4n) is 3.79. The summed E-state index contributed by atoms with van der Waals surface area (Å²) in [5, 5.41) is 11.8. The van der Waals surface area contributed by atoms with Gasteiger partial charge >= 0.3 is 0 Å². The zero-order chi connectivity index (χ0) is 25.1. The van der Waals surface area contributed by atoms with Crippen molar-refractivity contribution in [1.82, 2.24) is 14.9 Å². The number of hydrogen-bond donors (Lipinski definition) is 2. The number of rotatable bonds is 19. The molecule has 1 aromatic heterocycles. The Bertz CT molecular complexity index is 869. The number of allylic oxidation sites excluding steroid dienone is 2. The van der Waals surface area contributed by atoms with Gasteiger partial charge in [0.25, 0.3) is 0 Å². The van der Waals surface area contributed by atoms with Crippen LogP contribution < -0.4 is 11.2 Å². The van der Waals surface area contributed by atoms with Gasteiger partial charge in [0.15, 0.2) is 5.82 Å². The number of aryl methyl sites for hydroxylation is 1. The van der Waals surface area contributed by atoms with Gasteiger partial charge in [-0.1, -0.05) is 98.1 Å². The molecule has 3 N–H and O–H groups in total. The Morgan fingerprint density at radius 2 is 1.54 bits per heavy atom. The Morgan fingerprint density at radius 1 is 0.943 bits per heavy atom. The van der Waals surface area contributed by atoms with Gasteiger partial charge < -0.3 is 11.2 Å². The summed E-state index contributed by atoms with van der Waals surface area (Å²) in [6, 6.07) is 7.48. The molecule has 0 saturated heterocycles. The number of nitrogens with zero attached hydrogens (tertiary/aromatic N) is 3. The van der Waals surface area contributed by atoms with Crippen LogP contribution in [-0.4, -0.2) is 26.5 Å². The van der Waals surface area contributed by atoms with Crippen molar-refractivity contribution >= 4 is 39.3 Å². The summed E-state index contributed by atoms with van der Waals surface area (Å²) in [7, 11) is 0. The molecule has 0 aliphatic rings. The number of hydrogen-bond acceptors (Lipinski definition) is 5. The van der Waals surface area contributed by atoms with E-state index in [1.165, 1.54) is 93.5 Å². The Morgan fingerprint density at radius 3 is 2.20 bits per heavy atom. The fourth-order valence-corrected chi connectivity index (χ4v) is 4.73. The topological polar surface area (TPSA) is 85.8 Å². The number of amides is 1. The fraction of sp³-hybridized carbons (Fsp3) is 0.593. The number of unbranched alkanes of at least 4 members (excludes halogenated alkanes) is 11. The van der Waals surface area contributed by atoms with Crippen molar-refractivity contribution in [3.8, 4) is 0 Å². The lowest BCUT2D eigenvalue weighted by Crippen LogP contribution is -2.17. The first-order valence-electron chi connectivity index (χ1n) is 13.1. The van der Waals surface area contributed by atoms with E-state index in [0.717, 1.165) is 28.8 Å². The van der Waals surface area contributed by atoms with Crippen LogP contribution in [0.2, 0.25) is 0 Å². The third kappa shape index (κ3) is 13.2. The second-order valence-electron chi connectivity index (χ2n) is 8.95. The number of halogens is 1. The molecule has 0 spiro atoms. The lowest BCUT2D eigenvalue weighted by Gasteiger charge is -2.06. The summed E-state index contributed by atoms with van der Waals surface area (Å²) in [4.78, 5) is 12.2. The number of carbonyl (C=O) groups is 1. The molecule has 0 saturated carbocycles. The predicted octanol–water partition coefficient (Wildman–Crippen LogP) is 7.68. The minimum atomic E-state index is -0.0980. The average molecular weight is 565 g/mol. The Kier molecular flexibility index (Phi) is 15.5. The largest absolute Gasteiger partial charge is 0.336 e. The highest BCUT2D eigenvalue weighted by molar-refractivity contribution is 9.10. The van der Waals surface area contributed by atoms with Gasteiger partial charge in [0.1, 0.15) is 0 Å². The van der Waals surface area contributed by atoms with E-state index in [1.54, 1.807) is 0 Å². The van der Waals surface area contributed by atoms with Crippen molar-refractivity contribution in [2.75, 3.05) is 16.9 Å². The third-order valence-electron chi connectivity index (χ3n) is 5.86. The van der Waals surface area contributed by atoms with Crippen LogP contribution >= 0.6 is 27.7 Å². The van der Waals surface area contributed by atoms with Crippen LogP contribution in [0.15, 0.2) is 46.0 Å². The van der Waals surface area contributed by atoms with Crippen molar-refractivity contribution in [2.24, 2.45) is 0 Å². The number of carbonyl (C=O) groups excluding carboxylic acids is 1. The number of anilines is 1. The molecule has 8 heteroatoms. The minimum absolute atomic E-state index is 0.0980. The molecule has 6 nitrogen and oxygen atoms in total. The number of thioether (sulfide) groups is 1. The SMILES string of the molecule is CCCCCCCCC=CCCCCCCCc1nnc(SCC(=O)Nc2ccc(Br)cc2)n1N. The lowest BCUT2D eigenvalue weighted by atomic mass is 10.1. The van der Waals surface area contributed by atoms with Crippen molar-refractivity contribution < 1.29 is 4.79 Å². The summed E-state index contributed by atoms with van der Waals surface area (Å²) in [6.45, 7) is 2.27. The average Bonchev–Trinajstić information content (AvgIpc) is 3.21. The molecule has 35 heavy (non-hydrogen) atoms. The summed E-state index contributed by atoms with van der Waals surface area (Å²) in [5.41, 5.74) is 0.762. The van der Waals surface area contributed by atoms with Crippen LogP contribution in [0.3, 0.4) is 0 Å². The highest BCUT2D eigenvalue weighted by atomic mass is 79.9. The molecule has 1 amide bonds. The summed E-state index contributed by atoms with van der Waals surface area (Å²) >= 11 is 4.68. The monoisotopic (exact) mass is 563 g/mol. The zero-order valence-corrected chi connectivity index (χ0v) is 23.6. The molecule has 194 valence electrons. The molecule has 0 aliphatic carbocycles. The van der Waals surface area contributed by atoms with Gasteiger partial charge in [-0.25, -0.2) is 4.68 Å². The van der Waals surface area contributed by atoms with E-state index in [0.29, 0.717) is 5.16 Å². The van der Waals surface area contributed by atoms with Crippen LogP contribution in [0.25, 0.3) is 0 Å². The molecule has 0 unspecified atom stereocenters. The third-order valence-corrected chi connectivity index (χ3v) is 7.33. The first-order chi connectivity index (χ1) is 17.1. The van der Waals surface area contributed by atoms with Crippen LogP contribution in [0, 0.1) is 0 Å². The molecule has 2 rings (SSSR count). The second-order valence-corrected chi connectivity index (χ2v) is 10.8. The van der Waals surface area contributed by atoms with E-state index < -0.39 is 0 Å². The van der Waals surface area contributed by atoms with Crippen LogP contribution in [0.4, 0.5) is 5.69 Å². The van der Waals surface area contributed by atoms with Gasteiger partial charge in [-0.05, 0) is 56.4 Å². The molecule has 0 bridgehead atoms. The molecule has 0 fully saturated rings. The maximum absolute atomic E-state index is 12.2. The quantitative estimate of drug-likeness (QED) is 0.0791. The summed E-state index contributed by atoms with van der Waals surface area (Å²) in [6.07, 6.45) is 22.2. The first kappa shape index (κ1) is 29.4. The van der Waals surface area contributed by atoms with Gasteiger partial charge in [-0.2, -0.15) is 0 Å². The Hall–Kier alpha value is -1.80. The van der Waals surface area contributed by atoms with E-state index in [9.17, 15) is 4.79 Å². The van der Waals surface area contributed by atoms with Crippen LogP contribution in [-0.2, 0) is 11.2 Å². The predicted molar refractivity (Wildman–Crippen MR) is 152 cm³/mol. The molecule has 0 radical (unpaired) electrons. The van der Waals surface area contributed by atoms with Crippen molar-refractivity contribution in [2.45, 2.75) is 102 Å². The normalized spacial score (nSPS) is 11.4. The maximum Gasteiger partial charge on any atom is 0.234 e. The second kappa shape index (κ2) is 18.5. The van der Waals surface area contributed by atoms with Gasteiger partial charge in [0, 0.05) is 16.6 Å². The van der Waals surface area contributed by atoms with Gasteiger partial charge in [-0.3, -0.25) is 4.79 Å². The van der Waals surface area contributed by atoms with E-state index in [-0.39, 0.29) is 11.7 Å². The van der Waals surface area contributed by atoms with E-state index in [4.69, 9.17) is 5.84 Å². The number of benzene rings is 1. The maximum atomic E-state index is 12.2. The number of aromatic nitrogens is 3. The number of nitrogens with two attached hydrogens (primary N) is 1. The standard InChI is InChI=1S/C27H42BrN5OS/c1-2-3-4-5-6-7-8-9-10-11-12-13-14-15-16-17-25-31-32-27(33(25)29)35-22-26(34)30-24-20-18-23(28)19-21-24/h9-10,18-21H,2-8,11-17,22,29H2,1H3,(H,30,34). The first-order valence-corrected chi connectivity index (χ1v) is 14.9. The van der Waals surface area contributed by atoms with Gasteiger partial charge in [-0.15, -0.1) is 10.2 Å². The summed E-state index contributed by atoms with van der Waals surface area (Å²) in [5.74, 6) is 7.06. The van der Waals surface area contributed by atoms with Crippen LogP contribution in [0.5, 0.6) is 0 Å². The molecule has 1 aromatic carbocycles. The smallest absolute Gasteiger partial charge is 0.234 e. The molecule has 0 atom stereocenters. The molecular weight excluding hydrogens is 522 g/mol. The highest BCUT2D eigenvalue weighted by Gasteiger charge is 2.12.